The van der Waals surface area contributed by atoms with Crippen molar-refractivity contribution in [3.63, 3.8) is 0 Å². The molecule has 2 atom stereocenters. The first-order valence-electron chi connectivity index (χ1n) is 10.9. The summed E-state index contributed by atoms with van der Waals surface area (Å²) in [5, 5.41) is 0. The van der Waals surface area contributed by atoms with Crippen molar-refractivity contribution in [1.29, 1.82) is 0 Å². The fourth-order valence-corrected chi connectivity index (χ4v) is 3.68. The predicted molar refractivity (Wildman–Crippen MR) is 104 cm³/mol. The average Bonchev–Trinajstić information content (AvgIpc) is 2.59. The number of cyclic esters (lactones) is 1. The maximum absolute atomic E-state index is 12.2. The van der Waals surface area contributed by atoms with Crippen molar-refractivity contribution in [1.82, 2.24) is 0 Å². The molecule has 1 aliphatic rings. The molecule has 0 aromatic rings. The van der Waals surface area contributed by atoms with Gasteiger partial charge >= 0.3 is 5.97 Å². The van der Waals surface area contributed by atoms with Gasteiger partial charge in [-0.25, -0.2) is 0 Å². The van der Waals surface area contributed by atoms with Gasteiger partial charge in [0, 0.05) is 6.42 Å². The molecule has 0 amide bonds. The van der Waals surface area contributed by atoms with E-state index in [9.17, 15) is 9.59 Å². The predicted octanol–water partition coefficient (Wildman–Crippen LogP) is 6.38. The lowest BCUT2D eigenvalue weighted by Crippen LogP contribution is -2.38. The number of esters is 1. The standard InChI is InChI=1S/C22H40O3/c1-3-5-7-9-10-11-12-13-14-16-19-18-21(23)20(22(24)25-19)17-15-8-6-4-2/h19-20H,3-18H2,1-2H3/t19-,20+/m1/s1. The van der Waals surface area contributed by atoms with Gasteiger partial charge in [-0.1, -0.05) is 90.9 Å². The topological polar surface area (TPSA) is 43.4 Å². The molecule has 3 nitrogen and oxygen atoms in total. The highest BCUT2D eigenvalue weighted by Crippen LogP contribution is 2.25. The van der Waals surface area contributed by atoms with Gasteiger partial charge in [-0.2, -0.15) is 0 Å². The lowest BCUT2D eigenvalue weighted by molar-refractivity contribution is -0.165. The number of carbonyl (C=O) groups excluding carboxylic acids is 2. The summed E-state index contributed by atoms with van der Waals surface area (Å²) in [5.41, 5.74) is 0. The van der Waals surface area contributed by atoms with Gasteiger partial charge in [0.1, 0.15) is 12.0 Å². The van der Waals surface area contributed by atoms with E-state index in [-0.39, 0.29) is 17.9 Å². The fourth-order valence-electron chi connectivity index (χ4n) is 3.68. The second kappa shape index (κ2) is 14.3. The summed E-state index contributed by atoms with van der Waals surface area (Å²) >= 11 is 0. The summed E-state index contributed by atoms with van der Waals surface area (Å²) in [6.45, 7) is 4.41. The number of carbonyl (C=O) groups is 2. The van der Waals surface area contributed by atoms with Crippen molar-refractivity contribution in [2.24, 2.45) is 5.92 Å². The van der Waals surface area contributed by atoms with E-state index in [4.69, 9.17) is 4.74 Å². The van der Waals surface area contributed by atoms with Crippen LogP contribution in [0.2, 0.25) is 0 Å². The number of ketones is 1. The number of unbranched alkanes of at least 4 members (excludes halogenated alkanes) is 11. The Morgan fingerprint density at radius 3 is 1.76 bits per heavy atom. The van der Waals surface area contributed by atoms with Crippen LogP contribution in [0.4, 0.5) is 0 Å². The smallest absolute Gasteiger partial charge is 0.316 e. The Bertz CT molecular complexity index is 346. The molecule has 1 saturated heterocycles. The molecule has 25 heavy (non-hydrogen) atoms. The van der Waals surface area contributed by atoms with E-state index in [0.29, 0.717) is 12.8 Å². The van der Waals surface area contributed by atoms with E-state index in [2.05, 4.69) is 13.8 Å². The minimum absolute atomic E-state index is 0.119. The summed E-state index contributed by atoms with van der Waals surface area (Å²) in [5.74, 6) is -0.612. The number of hydrogen-bond donors (Lipinski definition) is 0. The second-order valence-electron chi connectivity index (χ2n) is 7.75. The van der Waals surface area contributed by atoms with Gasteiger partial charge in [0.15, 0.2) is 5.78 Å². The summed E-state index contributed by atoms with van der Waals surface area (Å²) in [6, 6.07) is 0. The fraction of sp³-hybridized carbons (Fsp3) is 0.909. The Hall–Kier alpha value is -0.860. The highest BCUT2D eigenvalue weighted by Gasteiger charge is 2.36. The maximum Gasteiger partial charge on any atom is 0.316 e. The minimum Gasteiger partial charge on any atom is -0.461 e. The molecule has 0 spiro atoms. The molecule has 0 aromatic carbocycles. The number of ether oxygens (including phenoxy) is 1. The second-order valence-corrected chi connectivity index (χ2v) is 7.75. The highest BCUT2D eigenvalue weighted by atomic mass is 16.5. The van der Waals surface area contributed by atoms with Gasteiger partial charge in [0.05, 0.1) is 0 Å². The lowest BCUT2D eigenvalue weighted by Gasteiger charge is -2.27. The van der Waals surface area contributed by atoms with Crippen LogP contribution in [0.5, 0.6) is 0 Å². The van der Waals surface area contributed by atoms with Crippen LogP contribution in [0.3, 0.4) is 0 Å². The van der Waals surface area contributed by atoms with E-state index in [1.807, 2.05) is 0 Å². The van der Waals surface area contributed by atoms with Gasteiger partial charge in [0.25, 0.3) is 0 Å². The van der Waals surface area contributed by atoms with Crippen molar-refractivity contribution in [3.8, 4) is 0 Å². The highest BCUT2D eigenvalue weighted by molar-refractivity contribution is 6.00. The lowest BCUT2D eigenvalue weighted by atomic mass is 9.89. The summed E-state index contributed by atoms with van der Waals surface area (Å²) in [7, 11) is 0. The monoisotopic (exact) mass is 352 g/mol. The Balaban J connectivity index is 2.07. The third-order valence-electron chi connectivity index (χ3n) is 5.36. The van der Waals surface area contributed by atoms with Crippen molar-refractivity contribution in [3.05, 3.63) is 0 Å². The molecule has 0 bridgehead atoms. The van der Waals surface area contributed by atoms with Crippen molar-refractivity contribution >= 4 is 11.8 Å². The third-order valence-corrected chi connectivity index (χ3v) is 5.36. The molecule has 1 heterocycles. The molecule has 0 aliphatic carbocycles. The zero-order valence-electron chi connectivity index (χ0n) is 16.7. The van der Waals surface area contributed by atoms with Crippen molar-refractivity contribution in [2.75, 3.05) is 0 Å². The molecule has 0 saturated carbocycles. The van der Waals surface area contributed by atoms with E-state index >= 15 is 0 Å². The van der Waals surface area contributed by atoms with Crippen molar-refractivity contribution in [2.45, 2.75) is 123 Å². The van der Waals surface area contributed by atoms with Gasteiger partial charge in [-0.15, -0.1) is 0 Å². The van der Waals surface area contributed by atoms with Crippen LogP contribution in [0, 0.1) is 5.92 Å². The number of rotatable bonds is 15. The van der Waals surface area contributed by atoms with Gasteiger partial charge < -0.3 is 4.74 Å². The first kappa shape index (κ1) is 22.2. The Morgan fingerprint density at radius 2 is 1.20 bits per heavy atom. The minimum atomic E-state index is -0.476. The molecular weight excluding hydrogens is 312 g/mol. The number of hydrogen-bond acceptors (Lipinski definition) is 3. The maximum atomic E-state index is 12.2. The van der Waals surface area contributed by atoms with E-state index in [0.717, 1.165) is 25.7 Å². The zero-order chi connectivity index (χ0) is 18.3. The van der Waals surface area contributed by atoms with Gasteiger partial charge in [0.2, 0.25) is 0 Å². The molecule has 1 fully saturated rings. The van der Waals surface area contributed by atoms with E-state index < -0.39 is 5.92 Å². The van der Waals surface area contributed by atoms with Crippen LogP contribution in [0.1, 0.15) is 117 Å². The molecule has 1 rings (SSSR count). The number of Topliss-reactive ketones (excluding diaryl/α,β-unsaturated/α-hetero) is 1. The SMILES string of the molecule is CCCCCCCCCCC[C@@H]1CC(=O)[C@H](CCCCCC)C(=O)O1. The Kier molecular flexibility index (Phi) is 12.7. The van der Waals surface area contributed by atoms with Crippen LogP contribution in [0.25, 0.3) is 0 Å². The van der Waals surface area contributed by atoms with Crippen LogP contribution < -0.4 is 0 Å². The summed E-state index contributed by atoms with van der Waals surface area (Å²) in [4.78, 5) is 24.3. The first-order valence-corrected chi connectivity index (χ1v) is 10.9. The molecule has 0 radical (unpaired) electrons. The van der Waals surface area contributed by atoms with Crippen LogP contribution >= 0.6 is 0 Å². The first-order chi connectivity index (χ1) is 12.2. The molecule has 0 aromatic heterocycles. The molecule has 0 unspecified atom stereocenters. The quantitative estimate of drug-likeness (QED) is 0.195. The van der Waals surface area contributed by atoms with E-state index in [1.54, 1.807) is 0 Å². The largest absolute Gasteiger partial charge is 0.461 e. The zero-order valence-corrected chi connectivity index (χ0v) is 16.7. The molecule has 146 valence electrons. The normalized spacial score (nSPS) is 20.7. The molecule has 3 heteroatoms. The molecule has 1 aliphatic heterocycles. The van der Waals surface area contributed by atoms with E-state index in [1.165, 1.54) is 64.2 Å². The van der Waals surface area contributed by atoms with Crippen LogP contribution in [-0.2, 0) is 14.3 Å². The Morgan fingerprint density at radius 1 is 0.720 bits per heavy atom. The van der Waals surface area contributed by atoms with Crippen molar-refractivity contribution < 1.29 is 14.3 Å². The van der Waals surface area contributed by atoms with Gasteiger partial charge in [-0.05, 0) is 19.3 Å². The summed E-state index contributed by atoms with van der Waals surface area (Å²) in [6.07, 6.45) is 17.8. The Labute approximate surface area is 155 Å². The molecule has 0 N–H and O–H groups in total. The third kappa shape index (κ3) is 10.0. The molecular formula is C22H40O3. The van der Waals surface area contributed by atoms with Crippen LogP contribution in [0.15, 0.2) is 0 Å². The summed E-state index contributed by atoms with van der Waals surface area (Å²) < 4.78 is 5.54. The van der Waals surface area contributed by atoms with Gasteiger partial charge in [-0.3, -0.25) is 9.59 Å². The average molecular weight is 353 g/mol. The van der Waals surface area contributed by atoms with Crippen LogP contribution in [-0.4, -0.2) is 17.9 Å².